The standard InChI is InChI=1S/C13H8IN4.BF3.FH/c14-10-3-6-13-16-12(8-18(13)7-10)9-1-4-11(17-15)5-2-9;2-1(3)4;/h1-8H;;1H/q+1;;/p-1. The van der Waals surface area contributed by atoms with Crippen molar-refractivity contribution in [3.05, 3.63) is 57.3 Å². The third-order valence-corrected chi connectivity index (χ3v) is 3.33. The van der Waals surface area contributed by atoms with Gasteiger partial charge in [-0.15, -0.1) is 0 Å². The maximum Gasteiger partial charge on any atom is 0.762 e. The molecular formula is C13H8BF4IN4. The molecule has 0 saturated heterocycles. The molecule has 4 nitrogen and oxygen atoms in total. The van der Waals surface area contributed by atoms with E-state index in [2.05, 4.69) is 32.6 Å². The lowest BCUT2D eigenvalue weighted by atomic mass is 10.1. The summed E-state index contributed by atoms with van der Waals surface area (Å²) in [5, 5.41) is 8.65. The summed E-state index contributed by atoms with van der Waals surface area (Å²) in [6.07, 6.45) is 4.02. The van der Waals surface area contributed by atoms with Crippen molar-refractivity contribution in [3.63, 3.8) is 0 Å². The Bertz CT molecular complexity index is 814. The summed E-state index contributed by atoms with van der Waals surface area (Å²) >= 11 is 2.27. The summed E-state index contributed by atoms with van der Waals surface area (Å²) in [4.78, 5) is 7.68. The molecule has 0 unspecified atom stereocenters. The van der Waals surface area contributed by atoms with Gasteiger partial charge in [-0.1, -0.05) is 0 Å². The van der Waals surface area contributed by atoms with Crippen LogP contribution < -0.4 is 4.70 Å². The molecule has 0 aliphatic heterocycles. The molecule has 3 aromatic rings. The van der Waals surface area contributed by atoms with Crippen LogP contribution in [-0.2, 0) is 0 Å². The molecule has 1 aromatic carbocycles. The number of halogens is 5. The Kier molecular flexibility index (Phi) is 6.96. The van der Waals surface area contributed by atoms with Gasteiger partial charge in [-0.25, -0.2) is 4.98 Å². The topological polar surface area (TPSA) is 45.5 Å². The Hall–Kier alpha value is -2.16. The minimum Gasteiger partial charge on any atom is -1.00 e. The zero-order valence-electron chi connectivity index (χ0n) is 11.4. The first-order chi connectivity index (χ1) is 10.5. The second-order valence-corrected chi connectivity index (χ2v) is 5.38. The van der Waals surface area contributed by atoms with E-state index in [-0.39, 0.29) is 4.70 Å². The number of imidazole rings is 1. The summed E-state index contributed by atoms with van der Waals surface area (Å²) in [6, 6.07) is 11.3. The normalized spacial score (nSPS) is 9.35. The van der Waals surface area contributed by atoms with Crippen molar-refractivity contribution in [2.24, 2.45) is 0 Å². The van der Waals surface area contributed by atoms with Crippen LogP contribution in [0.2, 0.25) is 0 Å². The van der Waals surface area contributed by atoms with Crippen LogP contribution in [0.1, 0.15) is 0 Å². The van der Waals surface area contributed by atoms with E-state index in [9.17, 15) is 12.9 Å². The molecule has 3 rings (SSSR count). The van der Waals surface area contributed by atoms with Crippen LogP contribution in [-0.4, -0.2) is 16.9 Å². The van der Waals surface area contributed by atoms with Crippen LogP contribution >= 0.6 is 22.6 Å². The van der Waals surface area contributed by atoms with Gasteiger partial charge in [0.1, 0.15) is 5.65 Å². The van der Waals surface area contributed by atoms with E-state index in [1.807, 2.05) is 41.1 Å². The van der Waals surface area contributed by atoms with E-state index in [0.29, 0.717) is 5.69 Å². The Labute approximate surface area is 142 Å². The number of benzene rings is 1. The van der Waals surface area contributed by atoms with Crippen LogP contribution in [0.4, 0.5) is 18.6 Å². The number of pyridine rings is 1. The maximum absolute atomic E-state index is 9.67. The van der Waals surface area contributed by atoms with Gasteiger partial charge >= 0.3 is 13.2 Å². The zero-order valence-corrected chi connectivity index (χ0v) is 13.5. The van der Waals surface area contributed by atoms with Crippen molar-refractivity contribution in [2.75, 3.05) is 0 Å². The van der Waals surface area contributed by atoms with Crippen molar-refractivity contribution < 1.29 is 17.7 Å². The van der Waals surface area contributed by atoms with E-state index >= 15 is 0 Å². The lowest BCUT2D eigenvalue weighted by Gasteiger charge is -1.92. The Morgan fingerprint density at radius 1 is 1.04 bits per heavy atom. The molecule has 0 atom stereocenters. The zero-order chi connectivity index (χ0) is 16.1. The largest absolute Gasteiger partial charge is 1.00 e. The Balaban J connectivity index is 0.000000478. The van der Waals surface area contributed by atoms with Crippen LogP contribution in [0, 0.1) is 8.96 Å². The van der Waals surface area contributed by atoms with Crippen molar-refractivity contribution in [2.45, 2.75) is 0 Å². The van der Waals surface area contributed by atoms with Crippen molar-refractivity contribution >= 4 is 41.5 Å². The highest BCUT2D eigenvalue weighted by molar-refractivity contribution is 14.1. The number of hydrogen-bond donors (Lipinski definition) is 0. The molecule has 23 heavy (non-hydrogen) atoms. The summed E-state index contributed by atoms with van der Waals surface area (Å²) in [7, 11) is -3.67. The van der Waals surface area contributed by atoms with E-state index < -0.39 is 7.54 Å². The molecule has 0 radical (unpaired) electrons. The molecule has 0 aliphatic rings. The number of diazo groups is 1. The first kappa shape index (κ1) is 18.9. The molecule has 118 valence electrons. The number of rotatable bonds is 1. The summed E-state index contributed by atoms with van der Waals surface area (Å²) in [6.45, 7) is 0. The van der Waals surface area contributed by atoms with Gasteiger partial charge in [0.15, 0.2) is 4.98 Å². The molecule has 0 N–H and O–H groups in total. The van der Waals surface area contributed by atoms with Gasteiger partial charge in [0.25, 0.3) is 0 Å². The van der Waals surface area contributed by atoms with Crippen molar-refractivity contribution in [3.8, 4) is 11.3 Å². The Morgan fingerprint density at radius 2 is 1.65 bits per heavy atom. The van der Waals surface area contributed by atoms with Crippen LogP contribution in [0.15, 0.2) is 48.8 Å². The van der Waals surface area contributed by atoms with Crippen molar-refractivity contribution in [1.29, 1.82) is 5.39 Å². The lowest BCUT2D eigenvalue weighted by Crippen LogP contribution is -3.00. The summed E-state index contributed by atoms with van der Waals surface area (Å²) in [5.74, 6) is 0. The fourth-order valence-corrected chi connectivity index (χ4v) is 2.28. The molecule has 0 saturated carbocycles. The Morgan fingerprint density at radius 3 is 2.22 bits per heavy atom. The van der Waals surface area contributed by atoms with E-state index in [4.69, 9.17) is 5.39 Å². The number of nitrogens with zero attached hydrogens (tertiary/aromatic N) is 4. The average molecular weight is 434 g/mol. The molecule has 0 aliphatic carbocycles. The van der Waals surface area contributed by atoms with Crippen molar-refractivity contribution in [1.82, 2.24) is 9.38 Å². The minimum absolute atomic E-state index is 0. The molecule has 0 fully saturated rings. The van der Waals surface area contributed by atoms with Gasteiger partial charge in [0.2, 0.25) is 5.39 Å². The average Bonchev–Trinajstić information content (AvgIpc) is 2.89. The van der Waals surface area contributed by atoms with Gasteiger partial charge in [-0.05, 0) is 46.9 Å². The lowest BCUT2D eigenvalue weighted by molar-refractivity contribution is -0.00000734. The smallest absolute Gasteiger partial charge is 0.762 e. The molecule has 0 amide bonds. The second-order valence-electron chi connectivity index (χ2n) is 4.13. The number of hydrogen-bond acceptors (Lipinski definition) is 2. The first-order valence-corrected chi connectivity index (χ1v) is 7.09. The summed E-state index contributed by atoms with van der Waals surface area (Å²) in [5.41, 5.74) is 3.36. The maximum atomic E-state index is 9.67. The van der Waals surface area contributed by atoms with Crippen LogP contribution in [0.25, 0.3) is 21.9 Å². The minimum atomic E-state index is -3.67. The third-order valence-electron chi connectivity index (χ3n) is 2.69. The molecule has 2 aromatic heterocycles. The molecule has 0 spiro atoms. The van der Waals surface area contributed by atoms with Gasteiger partial charge in [-0.3, -0.25) is 12.9 Å². The third kappa shape index (κ3) is 5.20. The molecule has 2 heterocycles. The van der Waals surface area contributed by atoms with Gasteiger partial charge in [0, 0.05) is 33.7 Å². The molecular weight excluding hydrogens is 426 g/mol. The second kappa shape index (κ2) is 8.47. The van der Waals surface area contributed by atoms with E-state index in [1.54, 1.807) is 12.1 Å². The van der Waals surface area contributed by atoms with Gasteiger partial charge < -0.3 is 9.11 Å². The fraction of sp³-hybridized carbons (Fsp3) is 0. The van der Waals surface area contributed by atoms with Gasteiger partial charge in [-0.2, -0.15) is 0 Å². The highest BCUT2D eigenvalue weighted by atomic mass is 127. The number of aromatic nitrogens is 2. The molecule has 0 bridgehead atoms. The van der Waals surface area contributed by atoms with E-state index in [0.717, 1.165) is 16.9 Å². The van der Waals surface area contributed by atoms with E-state index in [1.165, 1.54) is 3.57 Å². The quantitative estimate of drug-likeness (QED) is 0.255. The fourth-order valence-electron chi connectivity index (χ4n) is 1.80. The first-order valence-electron chi connectivity index (χ1n) is 6.01. The van der Waals surface area contributed by atoms with Gasteiger partial charge in [0.05, 0.1) is 5.69 Å². The number of fused-ring (bicyclic) bond motifs is 1. The highest BCUT2D eigenvalue weighted by Gasteiger charge is 2.08. The highest BCUT2D eigenvalue weighted by Crippen LogP contribution is 2.22. The predicted molar refractivity (Wildman–Crippen MR) is 87.2 cm³/mol. The monoisotopic (exact) mass is 434 g/mol. The summed E-state index contributed by atoms with van der Waals surface area (Å²) < 4.78 is 32.2. The SMILES string of the molecule is FB(F)F.N#[N+]c1ccc(-c2cn3cc(I)ccc3n2)cc1.[F-]. The predicted octanol–water partition coefficient (Wildman–Crippen LogP) is 1.97. The van der Waals surface area contributed by atoms with Crippen LogP contribution in [0.5, 0.6) is 0 Å². The van der Waals surface area contributed by atoms with Crippen LogP contribution in [0.3, 0.4) is 0 Å². The molecule has 10 heteroatoms.